The molecule has 0 amide bonds. The highest BCUT2D eigenvalue weighted by molar-refractivity contribution is 5.88. The van der Waals surface area contributed by atoms with Gasteiger partial charge >= 0.3 is 5.97 Å². The van der Waals surface area contributed by atoms with Gasteiger partial charge in [0.2, 0.25) is 0 Å². The van der Waals surface area contributed by atoms with Gasteiger partial charge in [-0.15, -0.1) is 0 Å². The van der Waals surface area contributed by atoms with Crippen LogP contribution in [0.2, 0.25) is 0 Å². The first-order chi connectivity index (χ1) is 9.04. The van der Waals surface area contributed by atoms with Gasteiger partial charge in [-0.25, -0.2) is 13.6 Å². The minimum atomic E-state index is -1.48. The number of carbonyl (C=O) groups is 1. The third kappa shape index (κ3) is 2.47. The van der Waals surface area contributed by atoms with Gasteiger partial charge in [-0.1, -0.05) is 37.3 Å². The van der Waals surface area contributed by atoms with Crippen molar-refractivity contribution in [2.45, 2.75) is 13.3 Å². The van der Waals surface area contributed by atoms with Crippen molar-refractivity contribution in [1.82, 2.24) is 0 Å². The number of carboxylic acid groups (broad SMARTS) is 1. The average molecular weight is 262 g/mol. The molecule has 2 aromatic rings. The predicted octanol–water partition coefficient (Wildman–Crippen LogP) is 3.89. The molecule has 0 fully saturated rings. The van der Waals surface area contributed by atoms with E-state index in [4.69, 9.17) is 5.11 Å². The summed E-state index contributed by atoms with van der Waals surface area (Å²) in [6, 6.07) is 9.45. The highest BCUT2D eigenvalue weighted by Gasteiger charge is 2.18. The minimum Gasteiger partial charge on any atom is -0.478 e. The molecule has 0 spiro atoms. The van der Waals surface area contributed by atoms with E-state index in [-0.39, 0.29) is 5.56 Å². The molecular weight excluding hydrogens is 250 g/mol. The Labute approximate surface area is 109 Å². The maximum atomic E-state index is 13.9. The van der Waals surface area contributed by atoms with Crippen molar-refractivity contribution in [3.8, 4) is 11.1 Å². The van der Waals surface area contributed by atoms with Crippen molar-refractivity contribution in [2.24, 2.45) is 0 Å². The van der Waals surface area contributed by atoms with E-state index in [1.807, 2.05) is 13.0 Å². The molecule has 0 aliphatic carbocycles. The first-order valence-corrected chi connectivity index (χ1v) is 5.85. The van der Waals surface area contributed by atoms with E-state index in [1.54, 1.807) is 18.2 Å². The van der Waals surface area contributed by atoms with Crippen LogP contribution in [-0.4, -0.2) is 11.1 Å². The van der Waals surface area contributed by atoms with Crippen LogP contribution in [-0.2, 0) is 6.42 Å². The molecule has 0 aromatic heterocycles. The van der Waals surface area contributed by atoms with Crippen LogP contribution in [0.3, 0.4) is 0 Å². The highest BCUT2D eigenvalue weighted by Crippen LogP contribution is 2.27. The Hall–Kier alpha value is -2.23. The zero-order valence-corrected chi connectivity index (χ0v) is 10.3. The van der Waals surface area contributed by atoms with Crippen LogP contribution in [0.4, 0.5) is 8.78 Å². The number of halogens is 2. The Bertz CT molecular complexity index is 636. The molecule has 0 saturated heterocycles. The molecule has 98 valence electrons. The van der Waals surface area contributed by atoms with Gasteiger partial charge in [0.25, 0.3) is 0 Å². The molecular formula is C15H12F2O2. The zero-order chi connectivity index (χ0) is 14.0. The van der Waals surface area contributed by atoms with Crippen molar-refractivity contribution in [3.63, 3.8) is 0 Å². The molecule has 2 rings (SSSR count). The topological polar surface area (TPSA) is 37.3 Å². The van der Waals surface area contributed by atoms with Crippen molar-refractivity contribution in [3.05, 3.63) is 59.2 Å². The maximum absolute atomic E-state index is 13.9. The summed E-state index contributed by atoms with van der Waals surface area (Å²) in [5.41, 5.74) is 0.943. The van der Waals surface area contributed by atoms with Gasteiger partial charge in [0, 0.05) is 5.56 Å². The summed E-state index contributed by atoms with van der Waals surface area (Å²) in [6.07, 6.45) is 0.783. The molecule has 0 heterocycles. The molecule has 0 unspecified atom stereocenters. The van der Waals surface area contributed by atoms with Crippen LogP contribution in [0.15, 0.2) is 36.4 Å². The summed E-state index contributed by atoms with van der Waals surface area (Å²) >= 11 is 0. The van der Waals surface area contributed by atoms with Crippen LogP contribution in [0.1, 0.15) is 22.8 Å². The average Bonchev–Trinajstić information content (AvgIpc) is 2.41. The van der Waals surface area contributed by atoms with Gasteiger partial charge in [0.15, 0.2) is 11.6 Å². The summed E-state index contributed by atoms with van der Waals surface area (Å²) in [6.45, 7) is 1.96. The fourth-order valence-electron chi connectivity index (χ4n) is 1.90. The number of hydrogen-bond donors (Lipinski definition) is 1. The summed E-state index contributed by atoms with van der Waals surface area (Å²) < 4.78 is 27.5. The van der Waals surface area contributed by atoms with Crippen molar-refractivity contribution < 1.29 is 18.7 Å². The fraction of sp³-hybridized carbons (Fsp3) is 0.133. The Morgan fingerprint density at radius 3 is 2.53 bits per heavy atom. The molecule has 1 N–H and O–H groups in total. The summed E-state index contributed by atoms with van der Waals surface area (Å²) in [4.78, 5) is 10.7. The molecule has 2 nitrogen and oxygen atoms in total. The predicted molar refractivity (Wildman–Crippen MR) is 68.1 cm³/mol. The van der Waals surface area contributed by atoms with Gasteiger partial charge in [0.1, 0.15) is 0 Å². The van der Waals surface area contributed by atoms with Gasteiger partial charge in [-0.2, -0.15) is 0 Å². The molecule has 0 radical (unpaired) electrons. The molecule has 0 bridgehead atoms. The highest BCUT2D eigenvalue weighted by atomic mass is 19.2. The Morgan fingerprint density at radius 1 is 1.16 bits per heavy atom. The first kappa shape index (κ1) is 13.2. The second-order valence-corrected chi connectivity index (χ2v) is 4.15. The van der Waals surface area contributed by atoms with E-state index in [0.29, 0.717) is 5.56 Å². The lowest BCUT2D eigenvalue weighted by molar-refractivity contribution is 0.0690. The normalized spacial score (nSPS) is 10.5. The number of carboxylic acids is 1. The number of hydrogen-bond acceptors (Lipinski definition) is 1. The number of aromatic carboxylic acids is 1. The fourth-order valence-corrected chi connectivity index (χ4v) is 1.90. The molecule has 0 saturated carbocycles. The monoisotopic (exact) mass is 262 g/mol. The number of benzene rings is 2. The van der Waals surface area contributed by atoms with Crippen molar-refractivity contribution >= 4 is 5.97 Å². The summed E-state index contributed by atoms with van der Waals surface area (Å²) in [5, 5.41) is 8.73. The summed E-state index contributed by atoms with van der Waals surface area (Å²) in [5.74, 6) is -3.94. The maximum Gasteiger partial charge on any atom is 0.338 e. The number of rotatable bonds is 3. The van der Waals surface area contributed by atoms with Crippen molar-refractivity contribution in [1.29, 1.82) is 0 Å². The van der Waals surface area contributed by atoms with Crippen LogP contribution in [0.5, 0.6) is 0 Å². The largest absolute Gasteiger partial charge is 0.478 e. The Balaban J connectivity index is 2.57. The van der Waals surface area contributed by atoms with E-state index < -0.39 is 23.2 Å². The Morgan fingerprint density at radius 2 is 1.89 bits per heavy atom. The van der Waals surface area contributed by atoms with E-state index >= 15 is 0 Å². The van der Waals surface area contributed by atoms with Gasteiger partial charge < -0.3 is 5.11 Å². The molecule has 0 aliphatic heterocycles. The van der Waals surface area contributed by atoms with Crippen LogP contribution in [0.25, 0.3) is 11.1 Å². The van der Waals surface area contributed by atoms with Gasteiger partial charge in [-0.3, -0.25) is 0 Å². The molecule has 0 atom stereocenters. The molecule has 0 aliphatic rings. The third-order valence-corrected chi connectivity index (χ3v) is 2.96. The van der Waals surface area contributed by atoms with E-state index in [9.17, 15) is 13.6 Å². The Kier molecular flexibility index (Phi) is 3.60. The smallest absolute Gasteiger partial charge is 0.338 e. The zero-order valence-electron chi connectivity index (χ0n) is 10.3. The number of aryl methyl sites for hydroxylation is 1. The van der Waals surface area contributed by atoms with Gasteiger partial charge in [-0.05, 0) is 23.6 Å². The quantitative estimate of drug-likeness (QED) is 0.911. The SMILES string of the molecule is CCc1cccc(-c2ccc(C(=O)O)c(F)c2F)c1. The van der Waals surface area contributed by atoms with E-state index in [2.05, 4.69) is 0 Å². The minimum absolute atomic E-state index is 0.0674. The van der Waals surface area contributed by atoms with E-state index in [1.165, 1.54) is 6.07 Å². The van der Waals surface area contributed by atoms with Crippen LogP contribution < -0.4 is 0 Å². The van der Waals surface area contributed by atoms with Crippen LogP contribution in [0, 0.1) is 11.6 Å². The lowest BCUT2D eigenvalue weighted by Crippen LogP contribution is -2.03. The lowest BCUT2D eigenvalue weighted by Gasteiger charge is -2.07. The van der Waals surface area contributed by atoms with Crippen LogP contribution >= 0.6 is 0 Å². The summed E-state index contributed by atoms with van der Waals surface area (Å²) in [7, 11) is 0. The molecule has 2 aromatic carbocycles. The van der Waals surface area contributed by atoms with Gasteiger partial charge in [0.05, 0.1) is 5.56 Å². The second kappa shape index (κ2) is 5.18. The third-order valence-electron chi connectivity index (χ3n) is 2.96. The standard InChI is InChI=1S/C15H12F2O2/c1-2-9-4-3-5-10(8-9)11-6-7-12(15(18)19)14(17)13(11)16/h3-8H,2H2,1H3,(H,18,19). The van der Waals surface area contributed by atoms with E-state index in [0.717, 1.165) is 18.1 Å². The second-order valence-electron chi connectivity index (χ2n) is 4.15. The first-order valence-electron chi connectivity index (χ1n) is 5.85. The molecule has 4 heteroatoms. The van der Waals surface area contributed by atoms with Crippen molar-refractivity contribution in [2.75, 3.05) is 0 Å². The molecule has 19 heavy (non-hydrogen) atoms. The lowest BCUT2D eigenvalue weighted by atomic mass is 10.00.